The third kappa shape index (κ3) is 4.84. The summed E-state index contributed by atoms with van der Waals surface area (Å²) in [5, 5.41) is 5.14. The number of carbonyl (C=O) groups is 1. The maximum atomic E-state index is 11.9. The van der Waals surface area contributed by atoms with Crippen molar-refractivity contribution in [2.75, 3.05) is 0 Å². The van der Waals surface area contributed by atoms with Crippen LogP contribution in [-0.2, 0) is 4.74 Å². The summed E-state index contributed by atoms with van der Waals surface area (Å²) in [4.78, 5) is 16.0. The molecule has 25 heavy (non-hydrogen) atoms. The lowest BCUT2D eigenvalue weighted by Gasteiger charge is -2.30. The van der Waals surface area contributed by atoms with E-state index in [4.69, 9.17) is 9.47 Å². The first-order chi connectivity index (χ1) is 11.9. The lowest BCUT2D eigenvalue weighted by atomic mass is 9.93. The minimum absolute atomic E-state index is 0.159. The van der Waals surface area contributed by atoms with Crippen molar-refractivity contribution >= 4 is 16.9 Å². The van der Waals surface area contributed by atoms with E-state index in [1.54, 1.807) is 6.20 Å². The van der Waals surface area contributed by atoms with Crippen molar-refractivity contribution in [2.45, 2.75) is 64.2 Å². The maximum Gasteiger partial charge on any atom is 0.407 e. The van der Waals surface area contributed by atoms with Crippen LogP contribution in [-0.4, -0.2) is 28.8 Å². The Balaban J connectivity index is 1.53. The highest BCUT2D eigenvalue weighted by Crippen LogP contribution is 2.29. The van der Waals surface area contributed by atoms with Crippen molar-refractivity contribution in [1.29, 1.82) is 0 Å². The van der Waals surface area contributed by atoms with Crippen LogP contribution in [0, 0.1) is 0 Å². The first-order valence-corrected chi connectivity index (χ1v) is 8.89. The second-order valence-corrected chi connectivity index (χ2v) is 7.59. The van der Waals surface area contributed by atoms with Gasteiger partial charge in [-0.3, -0.25) is 4.98 Å². The van der Waals surface area contributed by atoms with Crippen molar-refractivity contribution in [3.63, 3.8) is 0 Å². The number of carbonyl (C=O) groups excluding carboxylic acids is 1. The van der Waals surface area contributed by atoms with Crippen molar-refractivity contribution in [2.24, 2.45) is 0 Å². The average Bonchev–Trinajstić information content (AvgIpc) is 2.55. The number of pyridine rings is 1. The normalized spacial score (nSPS) is 20.9. The summed E-state index contributed by atoms with van der Waals surface area (Å²) in [5.41, 5.74) is -0.465. The smallest absolute Gasteiger partial charge is 0.407 e. The topological polar surface area (TPSA) is 60.5 Å². The summed E-state index contributed by atoms with van der Waals surface area (Å²) < 4.78 is 11.6. The van der Waals surface area contributed by atoms with Crippen LogP contribution in [0.1, 0.15) is 46.5 Å². The molecule has 1 aliphatic rings. The number of amides is 1. The number of rotatable bonds is 3. The molecule has 1 N–H and O–H groups in total. The van der Waals surface area contributed by atoms with Gasteiger partial charge in [0.25, 0.3) is 0 Å². The third-order valence-electron chi connectivity index (χ3n) is 4.33. The number of alkyl carbamates (subject to hydrolysis) is 1. The second-order valence-electron chi connectivity index (χ2n) is 7.59. The Morgan fingerprint density at radius 3 is 2.64 bits per heavy atom. The van der Waals surface area contributed by atoms with Crippen molar-refractivity contribution in [1.82, 2.24) is 10.3 Å². The van der Waals surface area contributed by atoms with Crippen molar-refractivity contribution in [3.8, 4) is 5.75 Å². The molecule has 0 atom stereocenters. The van der Waals surface area contributed by atoms with Gasteiger partial charge in [-0.2, -0.15) is 0 Å². The lowest BCUT2D eigenvalue weighted by molar-refractivity contribution is 0.0471. The standard InChI is InChI=1S/C20H26N2O3/c1-20(2,3)25-19(23)22-15-7-9-16(10-8-15)24-18-6-4-5-14-13-21-12-11-17(14)18/h4-6,11-13,15-16H,7-10H2,1-3H3,(H,22,23). The third-order valence-corrected chi connectivity index (χ3v) is 4.33. The molecule has 1 aromatic heterocycles. The number of hydrogen-bond donors (Lipinski definition) is 1. The molecule has 134 valence electrons. The predicted molar refractivity (Wildman–Crippen MR) is 97.8 cm³/mol. The van der Waals surface area contributed by atoms with Crippen LogP contribution >= 0.6 is 0 Å². The monoisotopic (exact) mass is 342 g/mol. The summed E-state index contributed by atoms with van der Waals surface area (Å²) in [7, 11) is 0. The fourth-order valence-corrected chi connectivity index (χ4v) is 3.17. The molecule has 0 aliphatic heterocycles. The molecule has 5 nitrogen and oxygen atoms in total. The Kier molecular flexibility index (Phi) is 5.11. The van der Waals surface area contributed by atoms with Crippen LogP contribution in [0.2, 0.25) is 0 Å². The highest BCUT2D eigenvalue weighted by Gasteiger charge is 2.25. The number of hydrogen-bond acceptors (Lipinski definition) is 4. The summed E-state index contributed by atoms with van der Waals surface area (Å²) in [6.45, 7) is 5.62. The van der Waals surface area contributed by atoms with Gasteiger partial charge < -0.3 is 14.8 Å². The van der Waals surface area contributed by atoms with Gasteiger partial charge in [0.15, 0.2) is 0 Å². The molecule has 1 aromatic carbocycles. The number of benzene rings is 1. The van der Waals surface area contributed by atoms with Gasteiger partial charge in [0.2, 0.25) is 0 Å². The molecule has 3 rings (SSSR count). The van der Waals surface area contributed by atoms with Gasteiger partial charge in [-0.15, -0.1) is 0 Å². The minimum Gasteiger partial charge on any atom is -0.490 e. The quantitative estimate of drug-likeness (QED) is 0.895. The van der Waals surface area contributed by atoms with Gasteiger partial charge >= 0.3 is 6.09 Å². The minimum atomic E-state index is -0.465. The van der Waals surface area contributed by atoms with E-state index in [0.717, 1.165) is 42.2 Å². The average molecular weight is 342 g/mol. The number of fused-ring (bicyclic) bond motifs is 1. The second kappa shape index (κ2) is 7.30. The number of nitrogens with zero attached hydrogens (tertiary/aromatic N) is 1. The van der Waals surface area contributed by atoms with E-state index in [-0.39, 0.29) is 18.2 Å². The van der Waals surface area contributed by atoms with E-state index >= 15 is 0 Å². The van der Waals surface area contributed by atoms with E-state index in [1.165, 1.54) is 0 Å². The molecule has 0 unspecified atom stereocenters. The lowest BCUT2D eigenvalue weighted by Crippen LogP contribution is -2.42. The Bertz CT molecular complexity index is 726. The van der Waals surface area contributed by atoms with E-state index in [0.29, 0.717) is 0 Å². The number of aromatic nitrogens is 1. The summed E-state index contributed by atoms with van der Waals surface area (Å²) in [5.74, 6) is 0.906. The van der Waals surface area contributed by atoms with Crippen LogP contribution in [0.15, 0.2) is 36.7 Å². The van der Waals surface area contributed by atoms with Crippen LogP contribution < -0.4 is 10.1 Å². The molecule has 0 saturated heterocycles. The Labute approximate surface area is 148 Å². The molecule has 0 bridgehead atoms. The van der Waals surface area contributed by atoms with Gasteiger partial charge in [-0.25, -0.2) is 4.79 Å². The van der Waals surface area contributed by atoms with Crippen LogP contribution in [0.25, 0.3) is 10.8 Å². The van der Waals surface area contributed by atoms with Crippen LogP contribution in [0.3, 0.4) is 0 Å². The van der Waals surface area contributed by atoms with Gasteiger partial charge in [0.1, 0.15) is 11.4 Å². The zero-order valence-corrected chi connectivity index (χ0v) is 15.1. The Hall–Kier alpha value is -2.30. The van der Waals surface area contributed by atoms with E-state index < -0.39 is 5.60 Å². The summed E-state index contributed by atoms with van der Waals surface area (Å²) in [6.07, 6.45) is 7.12. The number of nitrogens with one attached hydrogen (secondary N) is 1. The first kappa shape index (κ1) is 17.5. The molecule has 2 aromatic rings. The molecule has 1 saturated carbocycles. The van der Waals surface area contributed by atoms with Crippen LogP contribution in [0.5, 0.6) is 5.75 Å². The number of ether oxygens (including phenoxy) is 2. The van der Waals surface area contributed by atoms with Gasteiger partial charge in [0.05, 0.1) is 6.10 Å². The zero-order chi connectivity index (χ0) is 17.9. The van der Waals surface area contributed by atoms with E-state index in [2.05, 4.69) is 10.3 Å². The zero-order valence-electron chi connectivity index (χ0n) is 15.1. The molecule has 0 radical (unpaired) electrons. The first-order valence-electron chi connectivity index (χ1n) is 8.89. The molecule has 1 aliphatic carbocycles. The summed E-state index contributed by atoms with van der Waals surface area (Å²) >= 11 is 0. The fourth-order valence-electron chi connectivity index (χ4n) is 3.17. The predicted octanol–water partition coefficient (Wildman–Crippen LogP) is 4.45. The Morgan fingerprint density at radius 2 is 1.92 bits per heavy atom. The molecule has 1 fully saturated rings. The SMILES string of the molecule is CC(C)(C)OC(=O)NC1CCC(Oc2cccc3cnccc23)CC1. The highest BCUT2D eigenvalue weighted by molar-refractivity contribution is 5.87. The fraction of sp³-hybridized carbons (Fsp3) is 0.500. The van der Waals surface area contributed by atoms with Gasteiger partial charge in [-0.1, -0.05) is 12.1 Å². The van der Waals surface area contributed by atoms with Crippen LogP contribution in [0.4, 0.5) is 4.79 Å². The van der Waals surface area contributed by atoms with Crippen molar-refractivity contribution < 1.29 is 14.3 Å². The van der Waals surface area contributed by atoms with Gasteiger partial charge in [0, 0.05) is 29.2 Å². The molecular weight excluding hydrogens is 316 g/mol. The van der Waals surface area contributed by atoms with E-state index in [9.17, 15) is 4.79 Å². The molecule has 1 amide bonds. The maximum absolute atomic E-state index is 11.9. The molecule has 0 spiro atoms. The summed E-state index contributed by atoms with van der Waals surface area (Å²) in [6, 6.07) is 8.19. The highest BCUT2D eigenvalue weighted by atomic mass is 16.6. The Morgan fingerprint density at radius 1 is 1.16 bits per heavy atom. The molecule has 5 heteroatoms. The van der Waals surface area contributed by atoms with Gasteiger partial charge in [-0.05, 0) is 58.6 Å². The van der Waals surface area contributed by atoms with Crippen molar-refractivity contribution in [3.05, 3.63) is 36.7 Å². The van der Waals surface area contributed by atoms with E-state index in [1.807, 2.05) is 51.2 Å². The largest absolute Gasteiger partial charge is 0.490 e. The molecular formula is C20H26N2O3. The molecule has 1 heterocycles.